The Morgan fingerprint density at radius 2 is 2.00 bits per heavy atom. The molecule has 1 aromatic rings. The third-order valence-electron chi connectivity index (χ3n) is 3.12. The molecule has 0 spiro atoms. The molecule has 1 fully saturated rings. The van der Waals surface area contributed by atoms with Crippen molar-refractivity contribution in [3.8, 4) is 5.75 Å². The first kappa shape index (κ1) is 12.9. The Balaban J connectivity index is 1.94. The van der Waals surface area contributed by atoms with E-state index >= 15 is 0 Å². The van der Waals surface area contributed by atoms with Crippen molar-refractivity contribution < 1.29 is 9.47 Å². The van der Waals surface area contributed by atoms with Gasteiger partial charge < -0.3 is 9.47 Å². The molecule has 1 aliphatic heterocycles. The molecule has 1 saturated heterocycles. The van der Waals surface area contributed by atoms with E-state index in [1.807, 2.05) is 0 Å². The van der Waals surface area contributed by atoms with Crippen molar-refractivity contribution in [1.29, 1.82) is 0 Å². The van der Waals surface area contributed by atoms with Gasteiger partial charge in [0.2, 0.25) is 0 Å². The molecule has 0 N–H and O–H groups in total. The van der Waals surface area contributed by atoms with Crippen LogP contribution in [-0.4, -0.2) is 19.3 Å². The second kappa shape index (κ2) is 5.87. The Labute approximate surface area is 111 Å². The van der Waals surface area contributed by atoms with E-state index in [2.05, 4.69) is 41.9 Å². The molecule has 1 aliphatic rings. The summed E-state index contributed by atoms with van der Waals surface area (Å²) in [5.74, 6) is 0.942. The minimum Gasteiger partial charge on any atom is -0.491 e. The van der Waals surface area contributed by atoms with Gasteiger partial charge in [0.05, 0.1) is 6.10 Å². The van der Waals surface area contributed by atoms with Gasteiger partial charge in [0, 0.05) is 11.1 Å². The first-order valence-electron chi connectivity index (χ1n) is 6.18. The molecular weight excluding hydrogens is 280 g/mol. The normalized spacial score (nSPS) is 20.3. The van der Waals surface area contributed by atoms with Crippen molar-refractivity contribution in [2.45, 2.75) is 39.2 Å². The molecule has 0 aliphatic carbocycles. The fourth-order valence-electron chi connectivity index (χ4n) is 2.12. The van der Waals surface area contributed by atoms with E-state index in [0.717, 1.165) is 18.8 Å². The van der Waals surface area contributed by atoms with Gasteiger partial charge in [-0.25, -0.2) is 0 Å². The molecule has 3 heteroatoms. The lowest BCUT2D eigenvalue weighted by atomic mass is 10.1. The highest BCUT2D eigenvalue weighted by Crippen LogP contribution is 2.26. The van der Waals surface area contributed by atoms with Crippen LogP contribution in [0.15, 0.2) is 16.6 Å². The molecule has 1 unspecified atom stereocenters. The number of hydrogen-bond donors (Lipinski definition) is 0. The Morgan fingerprint density at radius 3 is 2.59 bits per heavy atom. The zero-order valence-electron chi connectivity index (χ0n) is 10.5. The van der Waals surface area contributed by atoms with Gasteiger partial charge in [-0.1, -0.05) is 15.9 Å². The maximum atomic E-state index is 5.82. The average molecular weight is 299 g/mol. The van der Waals surface area contributed by atoms with Crippen molar-refractivity contribution in [2.24, 2.45) is 0 Å². The van der Waals surface area contributed by atoms with Crippen molar-refractivity contribution in [3.63, 3.8) is 0 Å². The maximum absolute atomic E-state index is 5.82. The van der Waals surface area contributed by atoms with Gasteiger partial charge in [-0.15, -0.1) is 0 Å². The third kappa shape index (κ3) is 3.46. The average Bonchev–Trinajstić information content (AvgIpc) is 2.34. The minimum absolute atomic E-state index is 0.271. The van der Waals surface area contributed by atoms with E-state index in [1.165, 1.54) is 28.4 Å². The summed E-state index contributed by atoms with van der Waals surface area (Å²) in [4.78, 5) is 0. The van der Waals surface area contributed by atoms with Crippen molar-refractivity contribution >= 4 is 15.9 Å². The van der Waals surface area contributed by atoms with Crippen LogP contribution in [0.1, 0.15) is 30.4 Å². The van der Waals surface area contributed by atoms with Crippen LogP contribution in [0.5, 0.6) is 5.75 Å². The second-order valence-corrected chi connectivity index (χ2v) is 5.46. The first-order chi connectivity index (χ1) is 8.16. The Kier molecular flexibility index (Phi) is 4.46. The van der Waals surface area contributed by atoms with Crippen LogP contribution in [0, 0.1) is 13.8 Å². The van der Waals surface area contributed by atoms with E-state index < -0.39 is 0 Å². The van der Waals surface area contributed by atoms with E-state index in [1.54, 1.807) is 0 Å². The predicted octanol–water partition coefficient (Wildman–Crippen LogP) is 4.01. The largest absolute Gasteiger partial charge is 0.491 e. The van der Waals surface area contributed by atoms with Crippen molar-refractivity contribution in [2.75, 3.05) is 13.2 Å². The van der Waals surface area contributed by atoms with Crippen LogP contribution in [-0.2, 0) is 4.74 Å². The maximum Gasteiger partial charge on any atom is 0.120 e. The van der Waals surface area contributed by atoms with Gasteiger partial charge in [-0.05, 0) is 56.4 Å². The molecular formula is C14H19BrO2. The first-order valence-corrected chi connectivity index (χ1v) is 6.97. The smallest absolute Gasteiger partial charge is 0.120 e. The highest BCUT2D eigenvalue weighted by molar-refractivity contribution is 9.10. The van der Waals surface area contributed by atoms with E-state index in [0.29, 0.717) is 6.61 Å². The highest BCUT2D eigenvalue weighted by Gasteiger charge is 2.14. The molecule has 2 nitrogen and oxygen atoms in total. The molecule has 0 aromatic heterocycles. The summed E-state index contributed by atoms with van der Waals surface area (Å²) in [6.07, 6.45) is 3.83. The lowest BCUT2D eigenvalue weighted by Crippen LogP contribution is -2.25. The van der Waals surface area contributed by atoms with Gasteiger partial charge in [-0.2, -0.15) is 0 Å². The fourth-order valence-corrected chi connectivity index (χ4v) is 2.35. The molecule has 17 heavy (non-hydrogen) atoms. The monoisotopic (exact) mass is 298 g/mol. The van der Waals surface area contributed by atoms with Crippen LogP contribution in [0.2, 0.25) is 0 Å². The number of rotatable bonds is 3. The summed E-state index contributed by atoms with van der Waals surface area (Å²) in [5, 5.41) is 0. The summed E-state index contributed by atoms with van der Waals surface area (Å²) in [6.45, 7) is 5.72. The molecule has 1 aromatic carbocycles. The fraction of sp³-hybridized carbons (Fsp3) is 0.571. The third-order valence-corrected chi connectivity index (χ3v) is 4.37. The highest BCUT2D eigenvalue weighted by atomic mass is 79.9. The van der Waals surface area contributed by atoms with Crippen LogP contribution in [0.25, 0.3) is 0 Å². The summed E-state index contributed by atoms with van der Waals surface area (Å²) in [6, 6.07) is 4.14. The zero-order valence-corrected chi connectivity index (χ0v) is 12.0. The molecule has 0 amide bonds. The molecule has 0 bridgehead atoms. The van der Waals surface area contributed by atoms with Gasteiger partial charge in [0.25, 0.3) is 0 Å². The number of aryl methyl sites for hydroxylation is 2. The van der Waals surface area contributed by atoms with Gasteiger partial charge in [0.15, 0.2) is 0 Å². The van der Waals surface area contributed by atoms with Gasteiger partial charge >= 0.3 is 0 Å². The zero-order chi connectivity index (χ0) is 12.3. The number of benzene rings is 1. The quantitative estimate of drug-likeness (QED) is 0.839. The van der Waals surface area contributed by atoms with Crippen molar-refractivity contribution in [3.05, 3.63) is 27.7 Å². The number of ether oxygens (including phenoxy) is 2. The van der Waals surface area contributed by atoms with Crippen molar-refractivity contribution in [1.82, 2.24) is 0 Å². The summed E-state index contributed by atoms with van der Waals surface area (Å²) < 4.78 is 12.6. The van der Waals surface area contributed by atoms with E-state index in [-0.39, 0.29) is 6.10 Å². The SMILES string of the molecule is Cc1cc(OCC2CCCCO2)cc(C)c1Br. The minimum atomic E-state index is 0.271. The molecule has 1 atom stereocenters. The Bertz CT molecular complexity index is 361. The lowest BCUT2D eigenvalue weighted by Gasteiger charge is -2.22. The van der Waals surface area contributed by atoms with Crippen LogP contribution >= 0.6 is 15.9 Å². The molecule has 94 valence electrons. The lowest BCUT2D eigenvalue weighted by molar-refractivity contribution is -0.0110. The van der Waals surface area contributed by atoms with Gasteiger partial charge in [-0.3, -0.25) is 0 Å². The summed E-state index contributed by atoms with van der Waals surface area (Å²) >= 11 is 3.56. The number of hydrogen-bond acceptors (Lipinski definition) is 2. The standard InChI is InChI=1S/C14H19BrO2/c1-10-7-13(8-11(2)14(10)15)17-9-12-5-3-4-6-16-12/h7-8,12H,3-6,9H2,1-2H3. The predicted molar refractivity (Wildman–Crippen MR) is 72.7 cm³/mol. The van der Waals surface area contributed by atoms with Crippen LogP contribution in [0.3, 0.4) is 0 Å². The van der Waals surface area contributed by atoms with Gasteiger partial charge in [0.1, 0.15) is 12.4 Å². The van der Waals surface area contributed by atoms with Crippen LogP contribution < -0.4 is 4.74 Å². The van der Waals surface area contributed by atoms with Crippen LogP contribution in [0.4, 0.5) is 0 Å². The molecule has 2 rings (SSSR count). The summed E-state index contributed by atoms with van der Waals surface area (Å²) in [5.41, 5.74) is 2.43. The van der Waals surface area contributed by atoms with E-state index in [4.69, 9.17) is 9.47 Å². The Hall–Kier alpha value is -0.540. The second-order valence-electron chi connectivity index (χ2n) is 4.67. The molecule has 0 radical (unpaired) electrons. The molecule has 1 heterocycles. The Morgan fingerprint density at radius 1 is 1.29 bits per heavy atom. The summed E-state index contributed by atoms with van der Waals surface area (Å²) in [7, 11) is 0. The number of halogens is 1. The molecule has 0 saturated carbocycles. The van der Waals surface area contributed by atoms with E-state index in [9.17, 15) is 0 Å². The topological polar surface area (TPSA) is 18.5 Å².